The molecule has 3 heterocycles. The van der Waals surface area contributed by atoms with Gasteiger partial charge in [-0.1, -0.05) is 24.3 Å². The minimum Gasteiger partial charge on any atom is -0.347 e. The summed E-state index contributed by atoms with van der Waals surface area (Å²) in [4.78, 5) is 20.9. The maximum atomic E-state index is 12.5. The second kappa shape index (κ2) is 7.50. The second-order valence-electron chi connectivity index (χ2n) is 5.99. The van der Waals surface area contributed by atoms with E-state index in [-0.39, 0.29) is 5.91 Å². The Labute approximate surface area is 159 Å². The van der Waals surface area contributed by atoms with E-state index in [2.05, 4.69) is 25.5 Å². The number of nitrogens with one attached hydrogen (secondary N) is 1. The zero-order chi connectivity index (χ0) is 18.6. The molecule has 0 saturated carbocycles. The molecule has 0 saturated heterocycles. The summed E-state index contributed by atoms with van der Waals surface area (Å²) in [6, 6.07) is 7.94. The summed E-state index contributed by atoms with van der Waals surface area (Å²) in [5.74, 6) is -0.197. The number of aromatic nitrogens is 6. The zero-order valence-electron chi connectivity index (χ0n) is 14.6. The van der Waals surface area contributed by atoms with Crippen LogP contribution in [0.3, 0.4) is 0 Å². The number of carbonyl (C=O) groups excluding carboxylic acids is 1. The molecule has 27 heavy (non-hydrogen) atoms. The van der Waals surface area contributed by atoms with E-state index in [0.717, 1.165) is 21.7 Å². The van der Waals surface area contributed by atoms with Gasteiger partial charge < -0.3 is 5.32 Å². The van der Waals surface area contributed by atoms with Crippen LogP contribution in [0, 0.1) is 0 Å². The van der Waals surface area contributed by atoms with E-state index in [1.165, 1.54) is 17.7 Å². The van der Waals surface area contributed by atoms with Gasteiger partial charge in [-0.25, -0.2) is 14.6 Å². The zero-order valence-corrected chi connectivity index (χ0v) is 15.4. The van der Waals surface area contributed by atoms with Crippen LogP contribution in [0.25, 0.3) is 10.6 Å². The molecule has 1 aromatic carbocycles. The SMILES string of the molecule is Cn1cc(-c2nc(C(=O)NCc3ccccc3Cn3cncn3)cs2)cn1. The van der Waals surface area contributed by atoms with Gasteiger partial charge in [0, 0.05) is 30.7 Å². The fourth-order valence-electron chi connectivity index (χ4n) is 2.68. The van der Waals surface area contributed by atoms with Gasteiger partial charge in [0.1, 0.15) is 23.4 Å². The van der Waals surface area contributed by atoms with Crippen molar-refractivity contribution in [1.82, 2.24) is 34.8 Å². The molecule has 0 aliphatic rings. The second-order valence-corrected chi connectivity index (χ2v) is 6.84. The number of benzene rings is 1. The Morgan fingerprint density at radius 2 is 2.07 bits per heavy atom. The van der Waals surface area contributed by atoms with E-state index >= 15 is 0 Å². The molecule has 8 nitrogen and oxygen atoms in total. The molecule has 136 valence electrons. The average molecular weight is 379 g/mol. The van der Waals surface area contributed by atoms with Crippen LogP contribution in [0.4, 0.5) is 0 Å². The molecule has 4 aromatic rings. The summed E-state index contributed by atoms with van der Waals surface area (Å²) in [6.07, 6.45) is 6.79. The molecular weight excluding hydrogens is 362 g/mol. The van der Waals surface area contributed by atoms with Gasteiger partial charge in [-0.2, -0.15) is 10.2 Å². The molecular formula is C18H17N7OS. The van der Waals surface area contributed by atoms with Crippen LogP contribution >= 0.6 is 11.3 Å². The van der Waals surface area contributed by atoms with Gasteiger partial charge in [0.05, 0.1) is 12.7 Å². The molecule has 0 bridgehead atoms. The number of thiazole rings is 1. The summed E-state index contributed by atoms with van der Waals surface area (Å²) in [5, 5.41) is 13.8. The van der Waals surface area contributed by atoms with Crippen molar-refractivity contribution in [3.05, 3.63) is 71.5 Å². The molecule has 3 aromatic heterocycles. The van der Waals surface area contributed by atoms with Gasteiger partial charge in [0.2, 0.25) is 0 Å². The van der Waals surface area contributed by atoms with Gasteiger partial charge in [-0.15, -0.1) is 11.3 Å². The Balaban J connectivity index is 1.43. The van der Waals surface area contributed by atoms with Crippen molar-refractivity contribution in [2.24, 2.45) is 7.05 Å². The smallest absolute Gasteiger partial charge is 0.271 e. The third-order valence-electron chi connectivity index (χ3n) is 4.05. The van der Waals surface area contributed by atoms with Crippen LogP contribution in [-0.4, -0.2) is 35.4 Å². The van der Waals surface area contributed by atoms with Crippen LogP contribution in [-0.2, 0) is 20.1 Å². The Morgan fingerprint density at radius 1 is 1.22 bits per heavy atom. The van der Waals surface area contributed by atoms with Crippen LogP contribution in [0.2, 0.25) is 0 Å². The standard InChI is InChI=1S/C18H17N7OS/c1-24-8-15(7-21-24)18-23-16(10-27-18)17(26)20-6-13-4-2-3-5-14(13)9-25-12-19-11-22-25/h2-5,7-8,10-12H,6,9H2,1H3,(H,20,26). The van der Waals surface area contributed by atoms with Crippen LogP contribution in [0.15, 0.2) is 54.7 Å². The Bertz CT molecular complexity index is 1050. The molecule has 1 amide bonds. The molecule has 0 aliphatic heterocycles. The van der Waals surface area contributed by atoms with Crippen molar-refractivity contribution in [2.45, 2.75) is 13.1 Å². The number of hydrogen-bond donors (Lipinski definition) is 1. The summed E-state index contributed by atoms with van der Waals surface area (Å²) < 4.78 is 3.46. The van der Waals surface area contributed by atoms with Gasteiger partial charge in [0.15, 0.2) is 0 Å². The van der Waals surface area contributed by atoms with E-state index in [1.54, 1.807) is 27.3 Å². The Kier molecular flexibility index (Phi) is 4.75. The maximum Gasteiger partial charge on any atom is 0.271 e. The molecule has 1 N–H and O–H groups in total. The lowest BCUT2D eigenvalue weighted by Gasteiger charge is -2.10. The predicted molar refractivity (Wildman–Crippen MR) is 101 cm³/mol. The van der Waals surface area contributed by atoms with E-state index in [1.807, 2.05) is 37.5 Å². The summed E-state index contributed by atoms with van der Waals surface area (Å²) in [6.45, 7) is 1.03. The van der Waals surface area contributed by atoms with E-state index < -0.39 is 0 Å². The first kappa shape index (κ1) is 17.1. The molecule has 0 fully saturated rings. The van der Waals surface area contributed by atoms with E-state index in [9.17, 15) is 4.79 Å². The normalized spacial score (nSPS) is 10.9. The molecule has 9 heteroatoms. The van der Waals surface area contributed by atoms with Gasteiger partial charge >= 0.3 is 0 Å². The number of amides is 1. The fourth-order valence-corrected chi connectivity index (χ4v) is 3.46. The summed E-state index contributed by atoms with van der Waals surface area (Å²) in [7, 11) is 1.85. The number of carbonyl (C=O) groups is 1. The molecule has 0 radical (unpaired) electrons. The number of nitrogens with zero attached hydrogens (tertiary/aromatic N) is 6. The Morgan fingerprint density at radius 3 is 2.81 bits per heavy atom. The van der Waals surface area contributed by atoms with E-state index in [0.29, 0.717) is 18.8 Å². The van der Waals surface area contributed by atoms with Crippen LogP contribution in [0.1, 0.15) is 21.6 Å². The van der Waals surface area contributed by atoms with Crippen molar-refractivity contribution >= 4 is 17.2 Å². The molecule has 0 unspecified atom stereocenters. The first-order valence-electron chi connectivity index (χ1n) is 8.31. The van der Waals surface area contributed by atoms with Gasteiger partial charge in [-0.3, -0.25) is 9.48 Å². The first-order chi connectivity index (χ1) is 13.2. The maximum absolute atomic E-state index is 12.5. The van der Waals surface area contributed by atoms with E-state index in [4.69, 9.17) is 0 Å². The van der Waals surface area contributed by atoms with Crippen LogP contribution in [0.5, 0.6) is 0 Å². The molecule has 0 spiro atoms. The number of hydrogen-bond acceptors (Lipinski definition) is 6. The predicted octanol–water partition coefficient (Wildman–Crippen LogP) is 2.11. The fraction of sp³-hybridized carbons (Fsp3) is 0.167. The van der Waals surface area contributed by atoms with Crippen molar-refractivity contribution in [3.8, 4) is 10.6 Å². The minimum absolute atomic E-state index is 0.197. The summed E-state index contributed by atoms with van der Waals surface area (Å²) in [5.41, 5.74) is 3.43. The third-order valence-corrected chi connectivity index (χ3v) is 4.94. The number of rotatable bonds is 6. The molecule has 0 aliphatic carbocycles. The molecule has 0 atom stereocenters. The lowest BCUT2D eigenvalue weighted by molar-refractivity contribution is 0.0946. The highest BCUT2D eigenvalue weighted by atomic mass is 32.1. The molecule has 4 rings (SSSR count). The van der Waals surface area contributed by atoms with Crippen molar-refractivity contribution < 1.29 is 4.79 Å². The third kappa shape index (κ3) is 3.93. The highest BCUT2D eigenvalue weighted by molar-refractivity contribution is 7.13. The monoisotopic (exact) mass is 379 g/mol. The Hall–Kier alpha value is -3.33. The van der Waals surface area contributed by atoms with Crippen LogP contribution < -0.4 is 5.32 Å². The topological polar surface area (TPSA) is 90.5 Å². The van der Waals surface area contributed by atoms with Gasteiger partial charge in [0.25, 0.3) is 5.91 Å². The van der Waals surface area contributed by atoms with Crippen molar-refractivity contribution in [2.75, 3.05) is 0 Å². The lowest BCUT2D eigenvalue weighted by atomic mass is 10.1. The van der Waals surface area contributed by atoms with Crippen molar-refractivity contribution in [1.29, 1.82) is 0 Å². The van der Waals surface area contributed by atoms with Gasteiger partial charge in [-0.05, 0) is 11.1 Å². The minimum atomic E-state index is -0.197. The highest BCUT2D eigenvalue weighted by Gasteiger charge is 2.13. The summed E-state index contributed by atoms with van der Waals surface area (Å²) >= 11 is 1.43. The van der Waals surface area contributed by atoms with Crippen molar-refractivity contribution in [3.63, 3.8) is 0 Å². The quantitative estimate of drug-likeness (QED) is 0.554. The highest BCUT2D eigenvalue weighted by Crippen LogP contribution is 2.23. The number of aryl methyl sites for hydroxylation is 1. The largest absolute Gasteiger partial charge is 0.347 e. The lowest BCUT2D eigenvalue weighted by Crippen LogP contribution is -2.24. The first-order valence-corrected chi connectivity index (χ1v) is 9.19. The average Bonchev–Trinajstić information content (AvgIpc) is 3.42.